The van der Waals surface area contributed by atoms with Gasteiger partial charge in [-0.15, -0.1) is 0 Å². The topological polar surface area (TPSA) is 38.8 Å². The molecular formula is C9H15NO3. The van der Waals surface area contributed by atoms with Gasteiger partial charge in [0.1, 0.15) is 6.73 Å². The summed E-state index contributed by atoms with van der Waals surface area (Å²) in [5, 5.41) is 0. The molecule has 74 valence electrons. The van der Waals surface area contributed by atoms with Gasteiger partial charge in [0.25, 0.3) is 0 Å². The molecule has 1 aliphatic heterocycles. The minimum absolute atomic E-state index is 0.255. The molecule has 1 rings (SSSR count). The lowest BCUT2D eigenvalue weighted by molar-refractivity contribution is -0.138. The maximum atomic E-state index is 11.2. The normalized spacial score (nSPS) is 17.7. The lowest BCUT2D eigenvalue weighted by Crippen LogP contribution is -2.15. The van der Waals surface area contributed by atoms with E-state index in [1.54, 1.807) is 20.0 Å². The number of rotatable bonds is 3. The molecule has 0 amide bonds. The van der Waals surface area contributed by atoms with Gasteiger partial charge >= 0.3 is 5.97 Å². The van der Waals surface area contributed by atoms with Crippen molar-refractivity contribution in [2.75, 3.05) is 26.5 Å². The van der Waals surface area contributed by atoms with Gasteiger partial charge in [0.15, 0.2) is 0 Å². The molecule has 0 N–H and O–H groups in total. The van der Waals surface area contributed by atoms with E-state index in [9.17, 15) is 4.79 Å². The summed E-state index contributed by atoms with van der Waals surface area (Å²) in [6.45, 7) is 6.10. The third kappa shape index (κ3) is 3.06. The molecule has 0 spiro atoms. The number of nitrogens with zero attached hydrogens (tertiary/aromatic N) is 1. The third-order valence-corrected chi connectivity index (χ3v) is 1.75. The molecule has 0 aromatic rings. The van der Waals surface area contributed by atoms with Crippen LogP contribution in [-0.2, 0) is 14.3 Å². The summed E-state index contributed by atoms with van der Waals surface area (Å²) in [7, 11) is 0. The molecule has 0 bridgehead atoms. The Bertz CT molecular complexity index is 207. The first-order chi connectivity index (χ1) is 6.24. The van der Waals surface area contributed by atoms with Crippen molar-refractivity contribution in [3.8, 4) is 0 Å². The minimum atomic E-state index is -0.255. The van der Waals surface area contributed by atoms with Crippen LogP contribution in [0.15, 0.2) is 11.8 Å². The van der Waals surface area contributed by atoms with Gasteiger partial charge in [-0.3, -0.25) is 0 Å². The molecule has 0 radical (unpaired) electrons. The van der Waals surface area contributed by atoms with Crippen molar-refractivity contribution >= 4 is 5.97 Å². The summed E-state index contributed by atoms with van der Waals surface area (Å²) in [4.78, 5) is 13.1. The largest absolute Gasteiger partial charge is 0.463 e. The van der Waals surface area contributed by atoms with E-state index < -0.39 is 0 Å². The van der Waals surface area contributed by atoms with Crippen LogP contribution in [0.2, 0.25) is 0 Å². The molecule has 1 saturated heterocycles. The van der Waals surface area contributed by atoms with E-state index in [4.69, 9.17) is 9.47 Å². The van der Waals surface area contributed by atoms with Crippen LogP contribution in [0.4, 0.5) is 0 Å². The van der Waals surface area contributed by atoms with Crippen LogP contribution in [0.25, 0.3) is 0 Å². The van der Waals surface area contributed by atoms with E-state index in [0.717, 1.165) is 13.2 Å². The Morgan fingerprint density at radius 1 is 1.69 bits per heavy atom. The summed E-state index contributed by atoms with van der Waals surface area (Å²) in [5.74, 6) is -0.255. The van der Waals surface area contributed by atoms with E-state index in [1.807, 2.05) is 4.90 Å². The SMILES string of the molecule is CCOC(=O)C(C)=CN1CCOC1. The molecule has 4 nitrogen and oxygen atoms in total. The number of esters is 1. The van der Waals surface area contributed by atoms with E-state index in [2.05, 4.69) is 0 Å². The maximum absolute atomic E-state index is 11.2. The molecule has 0 aromatic carbocycles. The highest BCUT2D eigenvalue weighted by Gasteiger charge is 2.11. The second kappa shape index (κ2) is 4.87. The van der Waals surface area contributed by atoms with Crippen molar-refractivity contribution in [2.45, 2.75) is 13.8 Å². The monoisotopic (exact) mass is 185 g/mol. The first-order valence-electron chi connectivity index (χ1n) is 4.41. The Balaban J connectivity index is 2.44. The average Bonchev–Trinajstić information content (AvgIpc) is 2.57. The van der Waals surface area contributed by atoms with Crippen LogP contribution < -0.4 is 0 Å². The highest BCUT2D eigenvalue weighted by molar-refractivity contribution is 5.87. The van der Waals surface area contributed by atoms with Crippen molar-refractivity contribution < 1.29 is 14.3 Å². The molecule has 1 fully saturated rings. The lowest BCUT2D eigenvalue weighted by Gasteiger charge is -2.10. The fraction of sp³-hybridized carbons (Fsp3) is 0.667. The van der Waals surface area contributed by atoms with Gasteiger partial charge in [0, 0.05) is 18.3 Å². The molecule has 0 atom stereocenters. The van der Waals surface area contributed by atoms with Crippen molar-refractivity contribution in [3.05, 3.63) is 11.8 Å². The smallest absolute Gasteiger partial charge is 0.335 e. The van der Waals surface area contributed by atoms with E-state index in [1.165, 1.54) is 0 Å². The van der Waals surface area contributed by atoms with Crippen molar-refractivity contribution in [1.29, 1.82) is 0 Å². The van der Waals surface area contributed by atoms with Crippen molar-refractivity contribution in [1.82, 2.24) is 4.90 Å². The standard InChI is InChI=1S/C9H15NO3/c1-3-13-9(11)8(2)6-10-4-5-12-7-10/h6H,3-5,7H2,1-2H3. The van der Waals surface area contributed by atoms with Crippen LogP contribution >= 0.6 is 0 Å². The van der Waals surface area contributed by atoms with Crippen LogP contribution in [0.5, 0.6) is 0 Å². The summed E-state index contributed by atoms with van der Waals surface area (Å²) in [6, 6.07) is 0. The number of hydrogen-bond donors (Lipinski definition) is 0. The Hall–Kier alpha value is -1.03. The van der Waals surface area contributed by atoms with Crippen LogP contribution in [0.3, 0.4) is 0 Å². The van der Waals surface area contributed by atoms with Gasteiger partial charge in [0.05, 0.1) is 13.2 Å². The van der Waals surface area contributed by atoms with Gasteiger partial charge in [-0.1, -0.05) is 0 Å². The summed E-state index contributed by atoms with van der Waals surface area (Å²) in [6.07, 6.45) is 1.78. The zero-order chi connectivity index (χ0) is 9.68. The number of carbonyl (C=O) groups excluding carboxylic acids is 1. The molecular weight excluding hydrogens is 170 g/mol. The van der Waals surface area contributed by atoms with Gasteiger partial charge in [-0.25, -0.2) is 4.79 Å². The molecule has 0 saturated carbocycles. The zero-order valence-electron chi connectivity index (χ0n) is 8.08. The maximum Gasteiger partial charge on any atom is 0.335 e. The zero-order valence-corrected chi connectivity index (χ0v) is 8.08. The van der Waals surface area contributed by atoms with Gasteiger partial charge < -0.3 is 14.4 Å². The highest BCUT2D eigenvalue weighted by Crippen LogP contribution is 2.04. The summed E-state index contributed by atoms with van der Waals surface area (Å²) >= 11 is 0. The minimum Gasteiger partial charge on any atom is -0.463 e. The van der Waals surface area contributed by atoms with Gasteiger partial charge in [0.2, 0.25) is 0 Å². The molecule has 13 heavy (non-hydrogen) atoms. The van der Waals surface area contributed by atoms with Gasteiger partial charge in [-0.05, 0) is 13.8 Å². The Morgan fingerprint density at radius 2 is 2.46 bits per heavy atom. The third-order valence-electron chi connectivity index (χ3n) is 1.75. The fourth-order valence-electron chi connectivity index (χ4n) is 1.10. The highest BCUT2D eigenvalue weighted by atomic mass is 16.5. The average molecular weight is 185 g/mol. The quantitative estimate of drug-likeness (QED) is 0.480. The van der Waals surface area contributed by atoms with Crippen molar-refractivity contribution in [3.63, 3.8) is 0 Å². The summed E-state index contributed by atoms with van der Waals surface area (Å²) in [5.41, 5.74) is 0.618. The molecule has 0 unspecified atom stereocenters. The second-order valence-corrected chi connectivity index (χ2v) is 2.88. The summed E-state index contributed by atoms with van der Waals surface area (Å²) < 4.78 is 9.97. The Kier molecular flexibility index (Phi) is 3.76. The Morgan fingerprint density at radius 3 is 3.00 bits per heavy atom. The molecule has 4 heteroatoms. The van der Waals surface area contributed by atoms with E-state index in [-0.39, 0.29) is 5.97 Å². The van der Waals surface area contributed by atoms with Crippen molar-refractivity contribution in [2.24, 2.45) is 0 Å². The fourth-order valence-corrected chi connectivity index (χ4v) is 1.10. The molecule has 1 heterocycles. The Labute approximate surface area is 78.1 Å². The lowest BCUT2D eigenvalue weighted by atomic mass is 10.3. The number of hydrogen-bond acceptors (Lipinski definition) is 4. The first kappa shape index (κ1) is 10.1. The van der Waals surface area contributed by atoms with Crippen LogP contribution in [0.1, 0.15) is 13.8 Å². The van der Waals surface area contributed by atoms with Crippen LogP contribution in [0, 0.1) is 0 Å². The van der Waals surface area contributed by atoms with Crippen LogP contribution in [-0.4, -0.2) is 37.4 Å². The van der Waals surface area contributed by atoms with E-state index >= 15 is 0 Å². The molecule has 0 aromatic heterocycles. The molecule has 0 aliphatic carbocycles. The number of carbonyl (C=O) groups is 1. The predicted octanol–water partition coefficient (Wildman–Crippen LogP) is 0.743. The molecule has 1 aliphatic rings. The van der Waals surface area contributed by atoms with E-state index in [0.29, 0.717) is 18.9 Å². The second-order valence-electron chi connectivity index (χ2n) is 2.88. The predicted molar refractivity (Wildman–Crippen MR) is 47.9 cm³/mol. The van der Waals surface area contributed by atoms with Gasteiger partial charge in [-0.2, -0.15) is 0 Å². The number of ether oxygens (including phenoxy) is 2. The first-order valence-corrected chi connectivity index (χ1v) is 4.41.